The smallest absolute Gasteiger partial charge is 0.413 e. The van der Waals surface area contributed by atoms with Gasteiger partial charge >= 0.3 is 12.1 Å². The van der Waals surface area contributed by atoms with Gasteiger partial charge in [-0.3, -0.25) is 4.79 Å². The second-order valence-corrected chi connectivity index (χ2v) is 8.32. The fourth-order valence-electron chi connectivity index (χ4n) is 4.97. The Bertz CT molecular complexity index is 1130. The van der Waals surface area contributed by atoms with Crippen LogP contribution in [-0.2, 0) is 16.0 Å². The third-order valence-corrected chi connectivity index (χ3v) is 6.46. The Kier molecular flexibility index (Phi) is 5.69. The van der Waals surface area contributed by atoms with Gasteiger partial charge in [0.05, 0.1) is 26.7 Å². The zero-order valence-corrected chi connectivity index (χ0v) is 18.9. The molecule has 34 heavy (non-hydrogen) atoms. The molecule has 0 saturated carbocycles. The van der Waals surface area contributed by atoms with E-state index in [1.54, 1.807) is 18.2 Å². The molecule has 0 spiro atoms. The van der Waals surface area contributed by atoms with Crippen molar-refractivity contribution in [2.24, 2.45) is 11.8 Å². The highest BCUT2D eigenvalue weighted by Crippen LogP contribution is 2.52. The molecule has 2 heterocycles. The van der Waals surface area contributed by atoms with Crippen molar-refractivity contribution < 1.29 is 38.0 Å². The maximum Gasteiger partial charge on any atom is 0.413 e. The lowest BCUT2D eigenvalue weighted by Gasteiger charge is -2.34. The lowest BCUT2D eigenvalue weighted by molar-refractivity contribution is -0.141. The number of rotatable bonds is 6. The number of methoxy groups -OCH3 is 2. The predicted molar refractivity (Wildman–Crippen MR) is 120 cm³/mol. The first-order valence-corrected chi connectivity index (χ1v) is 11.0. The number of amides is 1. The van der Waals surface area contributed by atoms with Gasteiger partial charge in [-0.05, 0) is 47.4 Å². The summed E-state index contributed by atoms with van der Waals surface area (Å²) in [5.41, 5.74) is 2.82. The van der Waals surface area contributed by atoms with Gasteiger partial charge in [0, 0.05) is 18.4 Å². The number of hydrogen-bond donors (Lipinski definition) is 1. The lowest BCUT2D eigenvalue weighted by Crippen LogP contribution is -2.31. The van der Waals surface area contributed by atoms with Gasteiger partial charge < -0.3 is 33.7 Å². The largest absolute Gasteiger partial charge is 0.493 e. The predicted octanol–water partition coefficient (Wildman–Crippen LogP) is 3.18. The first-order valence-electron chi connectivity index (χ1n) is 11.0. The van der Waals surface area contributed by atoms with E-state index in [0.29, 0.717) is 36.0 Å². The molecule has 9 nitrogen and oxygen atoms in total. The standard InChI is InChI=1S/C25H25NO8/c1-4-5-26-25(28)34-23-19(29-2)8-14(9-20(23)30-3)21-16-10-18-17(32-12-33-18)7-13(16)6-15-11-31-24(27)22(15)21/h4,7-10,15,21-22H,1,5-6,11-12H2,2-3H3,(H,26,28)/t15-,21+,22-/m0/s1. The topological polar surface area (TPSA) is 102 Å². The van der Waals surface area contributed by atoms with Crippen LogP contribution in [0.1, 0.15) is 22.6 Å². The zero-order valence-electron chi connectivity index (χ0n) is 18.9. The van der Waals surface area contributed by atoms with Crippen molar-refractivity contribution in [1.82, 2.24) is 5.32 Å². The van der Waals surface area contributed by atoms with Crippen LogP contribution in [0.25, 0.3) is 0 Å². The fraction of sp³-hybridized carbons (Fsp3) is 0.360. The quantitative estimate of drug-likeness (QED) is 0.511. The summed E-state index contributed by atoms with van der Waals surface area (Å²) in [6.07, 6.45) is 1.58. The molecule has 0 bridgehead atoms. The molecule has 1 N–H and O–H groups in total. The summed E-state index contributed by atoms with van der Waals surface area (Å²) in [6.45, 7) is 4.35. The van der Waals surface area contributed by atoms with E-state index >= 15 is 0 Å². The second-order valence-electron chi connectivity index (χ2n) is 8.32. The van der Waals surface area contributed by atoms with Gasteiger partial charge in [-0.2, -0.15) is 0 Å². The Morgan fingerprint density at radius 2 is 1.82 bits per heavy atom. The van der Waals surface area contributed by atoms with E-state index in [2.05, 4.69) is 11.9 Å². The molecule has 1 saturated heterocycles. The summed E-state index contributed by atoms with van der Waals surface area (Å²) in [4.78, 5) is 25.0. The maximum absolute atomic E-state index is 12.8. The summed E-state index contributed by atoms with van der Waals surface area (Å²) in [5, 5.41) is 2.56. The van der Waals surface area contributed by atoms with Crippen LogP contribution in [0.5, 0.6) is 28.7 Å². The molecule has 9 heteroatoms. The maximum atomic E-state index is 12.8. The number of carbonyl (C=O) groups is 2. The Labute approximate surface area is 196 Å². The van der Waals surface area contributed by atoms with Gasteiger partial charge in [0.15, 0.2) is 23.0 Å². The fourth-order valence-corrected chi connectivity index (χ4v) is 4.97. The highest BCUT2D eigenvalue weighted by molar-refractivity contribution is 5.79. The third-order valence-electron chi connectivity index (χ3n) is 6.46. The number of carbonyl (C=O) groups excluding carboxylic acids is 2. The minimum Gasteiger partial charge on any atom is -0.493 e. The highest BCUT2D eigenvalue weighted by Gasteiger charge is 2.48. The van der Waals surface area contributed by atoms with Gasteiger partial charge in [-0.15, -0.1) is 6.58 Å². The van der Waals surface area contributed by atoms with Crippen LogP contribution in [0.15, 0.2) is 36.9 Å². The van der Waals surface area contributed by atoms with Gasteiger partial charge in [-0.25, -0.2) is 4.79 Å². The molecule has 0 unspecified atom stereocenters. The Morgan fingerprint density at radius 1 is 1.12 bits per heavy atom. The van der Waals surface area contributed by atoms with Crippen molar-refractivity contribution >= 4 is 12.1 Å². The summed E-state index contributed by atoms with van der Waals surface area (Å²) >= 11 is 0. The van der Waals surface area contributed by atoms with E-state index in [1.165, 1.54) is 14.2 Å². The minimum absolute atomic E-state index is 0.0305. The van der Waals surface area contributed by atoms with E-state index in [4.69, 9.17) is 28.4 Å². The normalized spacial score (nSPS) is 21.7. The summed E-state index contributed by atoms with van der Waals surface area (Å²) in [6, 6.07) is 7.47. The van der Waals surface area contributed by atoms with Gasteiger partial charge in [-0.1, -0.05) is 6.08 Å². The van der Waals surface area contributed by atoms with E-state index in [0.717, 1.165) is 16.7 Å². The average Bonchev–Trinajstić information content (AvgIpc) is 3.45. The van der Waals surface area contributed by atoms with Crippen molar-refractivity contribution in [3.8, 4) is 28.7 Å². The third kappa shape index (κ3) is 3.67. The molecule has 3 aliphatic rings. The van der Waals surface area contributed by atoms with Gasteiger partial charge in [0.25, 0.3) is 0 Å². The summed E-state index contributed by atoms with van der Waals surface area (Å²) in [5.74, 6) is 1.19. The number of benzene rings is 2. The number of nitrogens with one attached hydrogen (secondary N) is 1. The molecule has 2 aromatic carbocycles. The van der Waals surface area contributed by atoms with Crippen molar-refractivity contribution in [3.63, 3.8) is 0 Å². The molecule has 1 amide bonds. The van der Waals surface area contributed by atoms with Crippen molar-refractivity contribution in [1.29, 1.82) is 0 Å². The number of fused-ring (bicyclic) bond motifs is 3. The summed E-state index contributed by atoms with van der Waals surface area (Å²) in [7, 11) is 2.96. The lowest BCUT2D eigenvalue weighted by atomic mass is 9.67. The molecule has 0 radical (unpaired) electrons. The first kappa shape index (κ1) is 21.9. The Balaban J connectivity index is 1.61. The van der Waals surface area contributed by atoms with Crippen molar-refractivity contribution in [2.75, 3.05) is 34.2 Å². The first-order chi connectivity index (χ1) is 16.5. The Morgan fingerprint density at radius 3 is 2.50 bits per heavy atom. The van der Waals surface area contributed by atoms with Crippen LogP contribution in [0, 0.1) is 11.8 Å². The van der Waals surface area contributed by atoms with Crippen LogP contribution >= 0.6 is 0 Å². The number of esters is 1. The minimum atomic E-state index is -0.667. The van der Waals surface area contributed by atoms with Crippen LogP contribution in [0.4, 0.5) is 4.79 Å². The molecule has 1 fully saturated rings. The molecular formula is C25H25NO8. The molecule has 0 aromatic heterocycles. The Hall–Kier alpha value is -3.88. The number of cyclic esters (lactones) is 1. The van der Waals surface area contributed by atoms with Crippen LogP contribution in [0.3, 0.4) is 0 Å². The zero-order chi connectivity index (χ0) is 23.8. The number of hydrogen-bond acceptors (Lipinski definition) is 8. The molecule has 5 rings (SSSR count). The number of ether oxygens (including phenoxy) is 6. The van der Waals surface area contributed by atoms with E-state index < -0.39 is 6.09 Å². The van der Waals surface area contributed by atoms with Crippen LogP contribution in [0.2, 0.25) is 0 Å². The SMILES string of the molecule is C=CCNC(=O)Oc1c(OC)cc([C@@H]2c3cc4c(cc3C[C@H]3COC(=O)[C@@H]32)OCO4)cc1OC. The van der Waals surface area contributed by atoms with Gasteiger partial charge in [0.1, 0.15) is 0 Å². The van der Waals surface area contributed by atoms with Crippen LogP contribution < -0.4 is 29.0 Å². The monoisotopic (exact) mass is 467 g/mol. The van der Waals surface area contributed by atoms with E-state index in [1.807, 2.05) is 12.1 Å². The molecule has 178 valence electrons. The molecule has 3 atom stereocenters. The van der Waals surface area contributed by atoms with Crippen molar-refractivity contribution in [3.05, 3.63) is 53.6 Å². The van der Waals surface area contributed by atoms with Crippen LogP contribution in [-0.4, -0.2) is 46.2 Å². The van der Waals surface area contributed by atoms with E-state index in [-0.39, 0.29) is 42.8 Å². The van der Waals surface area contributed by atoms with Crippen molar-refractivity contribution in [2.45, 2.75) is 12.3 Å². The molecule has 1 aliphatic carbocycles. The summed E-state index contributed by atoms with van der Waals surface area (Å²) < 4.78 is 33.2. The second kappa shape index (κ2) is 8.81. The average molecular weight is 467 g/mol. The molecule has 2 aliphatic heterocycles. The highest BCUT2D eigenvalue weighted by atomic mass is 16.7. The molecule has 2 aromatic rings. The van der Waals surface area contributed by atoms with E-state index in [9.17, 15) is 9.59 Å². The van der Waals surface area contributed by atoms with Gasteiger partial charge in [0.2, 0.25) is 12.5 Å². The molecular weight excluding hydrogens is 442 g/mol.